The standard InChI is InChI=1S/C16H20Cl2N4O3/c17-13-3-2-12(14(18)10-13)11-20-21-16(24)15(23)19-4-1-5-22-6-8-25-9-7-22/h2-3,10-11H,1,4-9H2,(H,19,23)(H,21,24)/p+1/b20-11-. The van der Waals surface area contributed by atoms with Gasteiger partial charge < -0.3 is 15.0 Å². The summed E-state index contributed by atoms with van der Waals surface area (Å²) < 4.78 is 5.29. The molecule has 9 heteroatoms. The number of ether oxygens (including phenoxy) is 1. The predicted octanol–water partition coefficient (Wildman–Crippen LogP) is -0.135. The van der Waals surface area contributed by atoms with E-state index in [2.05, 4.69) is 15.8 Å². The molecule has 0 bridgehead atoms. The smallest absolute Gasteiger partial charge is 0.329 e. The minimum Gasteiger partial charge on any atom is -0.370 e. The number of benzene rings is 1. The third-order valence-electron chi connectivity index (χ3n) is 3.73. The maximum Gasteiger partial charge on any atom is 0.329 e. The second-order valence-corrected chi connectivity index (χ2v) is 6.43. The number of hydrogen-bond donors (Lipinski definition) is 3. The predicted molar refractivity (Wildman–Crippen MR) is 96.2 cm³/mol. The van der Waals surface area contributed by atoms with Crippen LogP contribution in [0.1, 0.15) is 12.0 Å². The van der Waals surface area contributed by atoms with E-state index in [-0.39, 0.29) is 0 Å². The molecule has 3 N–H and O–H groups in total. The van der Waals surface area contributed by atoms with Crippen LogP contribution in [0.25, 0.3) is 0 Å². The quantitative estimate of drug-likeness (QED) is 0.275. The summed E-state index contributed by atoms with van der Waals surface area (Å²) in [5.41, 5.74) is 2.75. The number of morpholine rings is 1. The van der Waals surface area contributed by atoms with Crippen LogP contribution in [0, 0.1) is 0 Å². The minimum atomic E-state index is -0.819. The molecule has 0 radical (unpaired) electrons. The highest BCUT2D eigenvalue weighted by molar-refractivity contribution is 6.36. The molecule has 0 spiro atoms. The van der Waals surface area contributed by atoms with E-state index < -0.39 is 11.8 Å². The first-order valence-electron chi connectivity index (χ1n) is 8.04. The van der Waals surface area contributed by atoms with Crippen LogP contribution in [0.5, 0.6) is 0 Å². The highest BCUT2D eigenvalue weighted by atomic mass is 35.5. The zero-order chi connectivity index (χ0) is 18.1. The van der Waals surface area contributed by atoms with Gasteiger partial charge in [0, 0.05) is 23.6 Å². The lowest BCUT2D eigenvalue weighted by Gasteiger charge is -2.23. The van der Waals surface area contributed by atoms with Gasteiger partial charge in [-0.25, -0.2) is 5.43 Å². The minimum absolute atomic E-state index is 0.403. The Hall–Kier alpha value is -1.67. The molecule has 1 saturated heterocycles. The van der Waals surface area contributed by atoms with Gasteiger partial charge in [-0.15, -0.1) is 0 Å². The van der Waals surface area contributed by atoms with Gasteiger partial charge in [-0.05, 0) is 12.1 Å². The van der Waals surface area contributed by atoms with Crippen LogP contribution in [-0.4, -0.2) is 57.4 Å². The van der Waals surface area contributed by atoms with Crippen molar-refractivity contribution < 1.29 is 19.2 Å². The number of carbonyl (C=O) groups is 2. The molecule has 0 aromatic heterocycles. The van der Waals surface area contributed by atoms with Gasteiger partial charge in [0.25, 0.3) is 0 Å². The van der Waals surface area contributed by atoms with E-state index in [0.717, 1.165) is 39.3 Å². The van der Waals surface area contributed by atoms with Crippen molar-refractivity contribution in [2.75, 3.05) is 39.4 Å². The summed E-state index contributed by atoms with van der Waals surface area (Å²) in [6, 6.07) is 4.88. The number of hydrazone groups is 1. The first-order chi connectivity index (χ1) is 12.1. The summed E-state index contributed by atoms with van der Waals surface area (Å²) in [6.07, 6.45) is 2.16. The molecule has 2 rings (SSSR count). The molecule has 0 atom stereocenters. The van der Waals surface area contributed by atoms with Crippen molar-refractivity contribution in [1.82, 2.24) is 10.7 Å². The van der Waals surface area contributed by atoms with Gasteiger partial charge in [0.05, 0.1) is 31.0 Å². The lowest BCUT2D eigenvalue weighted by molar-refractivity contribution is -0.908. The van der Waals surface area contributed by atoms with Gasteiger partial charge in [0.2, 0.25) is 0 Å². The van der Waals surface area contributed by atoms with E-state index in [1.165, 1.54) is 11.1 Å². The normalized spacial score (nSPS) is 15.3. The highest BCUT2D eigenvalue weighted by Crippen LogP contribution is 2.19. The fourth-order valence-electron chi connectivity index (χ4n) is 2.35. The third-order valence-corrected chi connectivity index (χ3v) is 4.29. The second kappa shape index (κ2) is 10.4. The average molecular weight is 388 g/mol. The van der Waals surface area contributed by atoms with E-state index in [4.69, 9.17) is 27.9 Å². The Labute approximate surface area is 156 Å². The van der Waals surface area contributed by atoms with Crippen molar-refractivity contribution in [3.8, 4) is 0 Å². The number of quaternary nitrogens is 1. The van der Waals surface area contributed by atoms with E-state index >= 15 is 0 Å². The van der Waals surface area contributed by atoms with Crippen LogP contribution in [0.4, 0.5) is 0 Å². The molecule has 0 aliphatic carbocycles. The molecule has 25 heavy (non-hydrogen) atoms. The maximum absolute atomic E-state index is 11.7. The van der Waals surface area contributed by atoms with Crippen molar-refractivity contribution >= 4 is 41.2 Å². The molecule has 1 fully saturated rings. The number of carbonyl (C=O) groups excluding carboxylic acids is 2. The van der Waals surface area contributed by atoms with Crippen LogP contribution in [0.2, 0.25) is 10.0 Å². The van der Waals surface area contributed by atoms with Crippen LogP contribution >= 0.6 is 23.2 Å². The number of rotatable bonds is 6. The molecule has 0 unspecified atom stereocenters. The van der Waals surface area contributed by atoms with Crippen molar-refractivity contribution in [3.63, 3.8) is 0 Å². The maximum atomic E-state index is 11.7. The first-order valence-corrected chi connectivity index (χ1v) is 8.79. The molecule has 2 amide bonds. The van der Waals surface area contributed by atoms with E-state index in [1.54, 1.807) is 18.2 Å². The first kappa shape index (κ1) is 19.7. The molecule has 136 valence electrons. The van der Waals surface area contributed by atoms with Gasteiger partial charge in [-0.1, -0.05) is 29.3 Å². The highest BCUT2D eigenvalue weighted by Gasteiger charge is 2.15. The topological polar surface area (TPSA) is 84.2 Å². The molecular formula is C16H21Cl2N4O3+. The SMILES string of the molecule is O=C(NCCC[NH+]1CCOCC1)C(=O)N/N=C\c1ccc(Cl)cc1Cl. The molecule has 1 aliphatic heterocycles. The molecule has 1 aromatic rings. The summed E-state index contributed by atoms with van der Waals surface area (Å²) >= 11 is 11.8. The van der Waals surface area contributed by atoms with Gasteiger partial charge in [0.15, 0.2) is 0 Å². The summed E-state index contributed by atoms with van der Waals surface area (Å²) in [7, 11) is 0. The summed E-state index contributed by atoms with van der Waals surface area (Å²) in [5.74, 6) is -1.53. The number of amides is 2. The molecule has 1 aliphatic rings. The zero-order valence-corrected chi connectivity index (χ0v) is 15.2. The van der Waals surface area contributed by atoms with Crippen molar-refractivity contribution in [2.45, 2.75) is 6.42 Å². The van der Waals surface area contributed by atoms with Crippen molar-refractivity contribution in [1.29, 1.82) is 0 Å². The molecular weight excluding hydrogens is 367 g/mol. The monoisotopic (exact) mass is 387 g/mol. The summed E-state index contributed by atoms with van der Waals surface area (Å²) in [6.45, 7) is 4.91. The fraction of sp³-hybridized carbons (Fsp3) is 0.438. The van der Waals surface area contributed by atoms with E-state index in [9.17, 15) is 9.59 Å². The number of halogens is 2. The zero-order valence-electron chi connectivity index (χ0n) is 13.7. The van der Waals surface area contributed by atoms with Crippen LogP contribution in [-0.2, 0) is 14.3 Å². The molecule has 0 saturated carbocycles. The van der Waals surface area contributed by atoms with Crippen LogP contribution in [0.15, 0.2) is 23.3 Å². The fourth-order valence-corrected chi connectivity index (χ4v) is 2.81. The lowest BCUT2D eigenvalue weighted by atomic mass is 10.2. The summed E-state index contributed by atoms with van der Waals surface area (Å²) in [4.78, 5) is 24.8. The molecule has 7 nitrogen and oxygen atoms in total. The van der Waals surface area contributed by atoms with Crippen molar-refractivity contribution in [3.05, 3.63) is 33.8 Å². The van der Waals surface area contributed by atoms with Crippen LogP contribution < -0.4 is 15.6 Å². The Morgan fingerprint density at radius 2 is 2.00 bits per heavy atom. The van der Waals surface area contributed by atoms with Crippen LogP contribution in [0.3, 0.4) is 0 Å². The summed E-state index contributed by atoms with van der Waals surface area (Å²) in [5, 5.41) is 7.21. The van der Waals surface area contributed by atoms with Gasteiger partial charge in [-0.3, -0.25) is 9.59 Å². The Bertz CT molecular complexity index is 634. The number of nitrogens with one attached hydrogen (secondary N) is 3. The molecule has 1 aromatic carbocycles. The second-order valence-electron chi connectivity index (χ2n) is 5.59. The Morgan fingerprint density at radius 3 is 2.72 bits per heavy atom. The number of nitrogens with zero attached hydrogens (tertiary/aromatic N) is 1. The Morgan fingerprint density at radius 1 is 1.24 bits per heavy atom. The lowest BCUT2D eigenvalue weighted by Crippen LogP contribution is -3.14. The molecule has 1 heterocycles. The van der Waals surface area contributed by atoms with Gasteiger partial charge >= 0.3 is 11.8 Å². The van der Waals surface area contributed by atoms with Gasteiger partial charge in [0.1, 0.15) is 13.1 Å². The largest absolute Gasteiger partial charge is 0.370 e. The third kappa shape index (κ3) is 6.99. The van der Waals surface area contributed by atoms with Gasteiger partial charge in [-0.2, -0.15) is 5.10 Å². The van der Waals surface area contributed by atoms with E-state index in [1.807, 2.05) is 0 Å². The Balaban J connectivity index is 1.65. The van der Waals surface area contributed by atoms with Crippen molar-refractivity contribution in [2.24, 2.45) is 5.10 Å². The number of hydrogen-bond acceptors (Lipinski definition) is 4. The Kier molecular flexibility index (Phi) is 8.14. The van der Waals surface area contributed by atoms with E-state index in [0.29, 0.717) is 22.2 Å². The average Bonchev–Trinajstić information content (AvgIpc) is 2.61.